The Balaban J connectivity index is 3.09. The Kier molecular flexibility index (Phi) is 2.67. The van der Waals surface area contributed by atoms with Gasteiger partial charge in [0.05, 0.1) is 11.4 Å². The number of hydrogen-bond acceptors (Lipinski definition) is 4. The van der Waals surface area contributed by atoms with Gasteiger partial charge in [-0.3, -0.25) is 4.72 Å². The van der Waals surface area contributed by atoms with E-state index in [1.807, 2.05) is 0 Å². The summed E-state index contributed by atoms with van der Waals surface area (Å²) in [5, 5.41) is 3.97. The Morgan fingerprint density at radius 2 is 2.07 bits per heavy atom. The fourth-order valence-electron chi connectivity index (χ4n) is 0.974. The molecule has 80 valence electrons. The van der Waals surface area contributed by atoms with Gasteiger partial charge < -0.3 is 5.73 Å². The van der Waals surface area contributed by atoms with E-state index in [2.05, 4.69) is 14.5 Å². The molecule has 0 aliphatic carbocycles. The van der Waals surface area contributed by atoms with E-state index < -0.39 is 10.2 Å². The van der Waals surface area contributed by atoms with E-state index in [1.165, 1.54) is 11.7 Å². The van der Waals surface area contributed by atoms with Gasteiger partial charge in [-0.1, -0.05) is 0 Å². The number of anilines is 2. The second kappa shape index (κ2) is 3.46. The van der Waals surface area contributed by atoms with Crippen LogP contribution < -0.4 is 15.2 Å². The third-order valence-corrected chi connectivity index (χ3v) is 2.77. The molecule has 1 aromatic rings. The molecule has 0 aromatic carbocycles. The van der Waals surface area contributed by atoms with Gasteiger partial charge in [-0.05, 0) is 6.92 Å². The fraction of sp³-hybridized carbons (Fsp3) is 0.500. The lowest BCUT2D eigenvalue weighted by atomic mass is 10.4. The maximum absolute atomic E-state index is 11.2. The molecule has 8 heteroatoms. The molecule has 4 N–H and O–H groups in total. The summed E-state index contributed by atoms with van der Waals surface area (Å²) in [6, 6.07) is 0. The highest BCUT2D eigenvalue weighted by molar-refractivity contribution is 7.90. The smallest absolute Gasteiger partial charge is 0.300 e. The van der Waals surface area contributed by atoms with Crippen molar-refractivity contribution in [3.63, 3.8) is 0 Å². The van der Waals surface area contributed by atoms with Crippen LogP contribution in [0.3, 0.4) is 0 Å². The summed E-state index contributed by atoms with van der Waals surface area (Å²) in [6.07, 6.45) is 0. The van der Waals surface area contributed by atoms with Gasteiger partial charge in [0.1, 0.15) is 0 Å². The molecule has 0 aliphatic rings. The van der Waals surface area contributed by atoms with Crippen LogP contribution in [0.15, 0.2) is 0 Å². The molecule has 0 aliphatic heterocycles. The van der Waals surface area contributed by atoms with Gasteiger partial charge >= 0.3 is 0 Å². The van der Waals surface area contributed by atoms with Crippen molar-refractivity contribution < 1.29 is 8.42 Å². The van der Waals surface area contributed by atoms with Crippen LogP contribution in [0.2, 0.25) is 0 Å². The van der Waals surface area contributed by atoms with Gasteiger partial charge in [0.2, 0.25) is 0 Å². The van der Waals surface area contributed by atoms with E-state index in [0.29, 0.717) is 11.4 Å². The fourth-order valence-corrected chi connectivity index (χ4v) is 1.57. The maximum atomic E-state index is 11.2. The molecular formula is C6H13N5O2S. The lowest BCUT2D eigenvalue weighted by Gasteiger charge is -2.06. The molecule has 0 fully saturated rings. The van der Waals surface area contributed by atoms with Crippen LogP contribution in [0.25, 0.3) is 0 Å². The maximum Gasteiger partial charge on any atom is 0.300 e. The first-order chi connectivity index (χ1) is 6.37. The van der Waals surface area contributed by atoms with E-state index in [9.17, 15) is 8.42 Å². The minimum atomic E-state index is -3.55. The number of hydrogen-bond donors (Lipinski definition) is 3. The minimum absolute atomic E-state index is 0.261. The Labute approximate surface area is 82.5 Å². The van der Waals surface area contributed by atoms with Gasteiger partial charge in [0, 0.05) is 14.1 Å². The van der Waals surface area contributed by atoms with Crippen LogP contribution in [-0.2, 0) is 17.3 Å². The number of nitrogen functional groups attached to an aromatic ring is 1. The van der Waals surface area contributed by atoms with E-state index >= 15 is 0 Å². The van der Waals surface area contributed by atoms with Crippen molar-refractivity contribution >= 4 is 21.7 Å². The Hall–Kier alpha value is -1.28. The standard InChI is InChI=1S/C6H13N5O2S/c1-4-5(7)6(11(3)9-4)10-14(12,13)8-2/h8,10H,7H2,1-3H3. The third kappa shape index (κ3) is 1.96. The lowest BCUT2D eigenvalue weighted by molar-refractivity contribution is 0.592. The van der Waals surface area contributed by atoms with Crippen LogP contribution >= 0.6 is 0 Å². The molecule has 14 heavy (non-hydrogen) atoms. The quantitative estimate of drug-likeness (QED) is 0.618. The molecule has 0 saturated carbocycles. The van der Waals surface area contributed by atoms with Gasteiger partial charge in [-0.15, -0.1) is 0 Å². The second-order valence-corrected chi connectivity index (χ2v) is 4.40. The highest BCUT2D eigenvalue weighted by atomic mass is 32.2. The van der Waals surface area contributed by atoms with Crippen LogP contribution in [0.1, 0.15) is 5.69 Å². The number of nitrogens with zero attached hydrogens (tertiary/aromatic N) is 2. The topological polar surface area (TPSA) is 102 Å². The predicted molar refractivity (Wildman–Crippen MR) is 54.0 cm³/mol. The predicted octanol–water partition coefficient (Wildman–Crippen LogP) is -0.813. The second-order valence-electron chi connectivity index (χ2n) is 2.78. The summed E-state index contributed by atoms with van der Waals surface area (Å²) < 4.78 is 28.1. The van der Waals surface area contributed by atoms with Crippen molar-refractivity contribution in [2.75, 3.05) is 17.5 Å². The van der Waals surface area contributed by atoms with Gasteiger partial charge in [0.25, 0.3) is 10.2 Å². The average Bonchev–Trinajstić information content (AvgIpc) is 2.32. The molecule has 0 saturated heterocycles. The molecule has 1 aromatic heterocycles. The average molecular weight is 219 g/mol. The molecule has 7 nitrogen and oxygen atoms in total. The van der Waals surface area contributed by atoms with Crippen molar-refractivity contribution in [3.05, 3.63) is 5.69 Å². The summed E-state index contributed by atoms with van der Waals surface area (Å²) in [5.41, 5.74) is 6.54. The number of nitrogens with two attached hydrogens (primary N) is 1. The highest BCUT2D eigenvalue weighted by Gasteiger charge is 2.15. The van der Waals surface area contributed by atoms with Crippen LogP contribution in [-0.4, -0.2) is 25.2 Å². The van der Waals surface area contributed by atoms with Crippen molar-refractivity contribution in [3.8, 4) is 0 Å². The van der Waals surface area contributed by atoms with Gasteiger partial charge in [-0.2, -0.15) is 13.5 Å². The first-order valence-corrected chi connectivity index (χ1v) is 5.36. The summed E-state index contributed by atoms with van der Waals surface area (Å²) in [4.78, 5) is 0. The Morgan fingerprint density at radius 1 is 1.50 bits per heavy atom. The highest BCUT2D eigenvalue weighted by Crippen LogP contribution is 2.21. The normalized spacial score (nSPS) is 11.6. The zero-order valence-electron chi connectivity index (χ0n) is 8.20. The third-order valence-electron chi connectivity index (χ3n) is 1.77. The monoisotopic (exact) mass is 219 g/mol. The van der Waals surface area contributed by atoms with Crippen LogP contribution in [0, 0.1) is 6.92 Å². The van der Waals surface area contributed by atoms with Crippen molar-refractivity contribution in [2.24, 2.45) is 7.05 Å². The number of nitrogens with one attached hydrogen (secondary N) is 2. The zero-order valence-corrected chi connectivity index (χ0v) is 9.01. The Bertz CT molecular complexity index is 435. The van der Waals surface area contributed by atoms with E-state index in [1.54, 1.807) is 14.0 Å². The molecule has 0 radical (unpaired) electrons. The first-order valence-electron chi connectivity index (χ1n) is 3.87. The molecule has 0 spiro atoms. The van der Waals surface area contributed by atoms with Crippen LogP contribution in [0.4, 0.5) is 11.5 Å². The SMILES string of the molecule is CNS(=O)(=O)Nc1c(N)c(C)nn1C. The molecule has 0 atom stereocenters. The van der Waals surface area contributed by atoms with Gasteiger partial charge in [0.15, 0.2) is 5.82 Å². The summed E-state index contributed by atoms with van der Waals surface area (Å²) >= 11 is 0. The van der Waals surface area contributed by atoms with Crippen molar-refractivity contribution in [2.45, 2.75) is 6.92 Å². The van der Waals surface area contributed by atoms with Crippen LogP contribution in [0.5, 0.6) is 0 Å². The molecule has 0 amide bonds. The zero-order chi connectivity index (χ0) is 10.9. The molecular weight excluding hydrogens is 206 g/mol. The van der Waals surface area contributed by atoms with Crippen molar-refractivity contribution in [1.82, 2.24) is 14.5 Å². The minimum Gasteiger partial charge on any atom is -0.394 e. The van der Waals surface area contributed by atoms with Crippen molar-refractivity contribution in [1.29, 1.82) is 0 Å². The van der Waals surface area contributed by atoms with E-state index in [-0.39, 0.29) is 5.82 Å². The largest absolute Gasteiger partial charge is 0.394 e. The molecule has 1 heterocycles. The van der Waals surface area contributed by atoms with E-state index in [4.69, 9.17) is 5.73 Å². The summed E-state index contributed by atoms with van der Waals surface area (Å²) in [6.45, 7) is 1.70. The lowest BCUT2D eigenvalue weighted by Crippen LogP contribution is -2.27. The molecule has 0 bridgehead atoms. The van der Waals surface area contributed by atoms with Gasteiger partial charge in [-0.25, -0.2) is 9.40 Å². The summed E-state index contributed by atoms with van der Waals surface area (Å²) in [5.74, 6) is 0.261. The number of aryl methyl sites for hydroxylation is 2. The Morgan fingerprint density at radius 3 is 2.43 bits per heavy atom. The summed E-state index contributed by atoms with van der Waals surface area (Å²) in [7, 11) is -0.630. The number of aromatic nitrogens is 2. The van der Waals surface area contributed by atoms with E-state index in [0.717, 1.165) is 0 Å². The first kappa shape index (κ1) is 10.8. The molecule has 1 rings (SSSR count). The molecule has 0 unspecified atom stereocenters. The number of rotatable bonds is 3.